The van der Waals surface area contributed by atoms with E-state index in [-0.39, 0.29) is 35.4 Å². The highest BCUT2D eigenvalue weighted by Gasteiger charge is 2.31. The standard InChI is InChI=1S/C19H22ClN3O5S/c1-13(15-5-3-4-6-16(15)20)22-18-17(11-14(12-21-18)19(24)27-2)29(25,26)23-7-9-28-10-8-23/h3-6,11-13H,7-10H2,1-2H3,(H,21,22). The third-order valence-corrected chi connectivity index (χ3v) is 6.84. The van der Waals surface area contributed by atoms with Crippen molar-refractivity contribution in [1.82, 2.24) is 9.29 Å². The van der Waals surface area contributed by atoms with Gasteiger partial charge in [-0.15, -0.1) is 0 Å². The van der Waals surface area contributed by atoms with E-state index in [9.17, 15) is 13.2 Å². The fourth-order valence-electron chi connectivity index (χ4n) is 3.01. The minimum Gasteiger partial charge on any atom is -0.465 e. The van der Waals surface area contributed by atoms with Crippen LogP contribution in [0.5, 0.6) is 0 Å². The third-order valence-electron chi connectivity index (χ3n) is 4.59. The number of hydrogen-bond acceptors (Lipinski definition) is 7. The van der Waals surface area contributed by atoms with Gasteiger partial charge in [-0.3, -0.25) is 0 Å². The van der Waals surface area contributed by atoms with Crippen molar-refractivity contribution in [2.75, 3.05) is 38.7 Å². The van der Waals surface area contributed by atoms with Crippen LogP contribution in [-0.4, -0.2) is 57.1 Å². The maximum absolute atomic E-state index is 13.3. The second kappa shape index (κ2) is 9.08. The number of anilines is 1. The normalized spacial score (nSPS) is 16.2. The molecule has 1 aliphatic rings. The lowest BCUT2D eigenvalue weighted by molar-refractivity contribution is 0.0600. The Labute approximate surface area is 174 Å². The number of methoxy groups -OCH3 is 1. The van der Waals surface area contributed by atoms with Gasteiger partial charge in [0, 0.05) is 24.3 Å². The molecule has 3 rings (SSSR count). The molecule has 0 saturated carbocycles. The summed E-state index contributed by atoms with van der Waals surface area (Å²) in [4.78, 5) is 16.1. The molecule has 1 aromatic heterocycles. The van der Waals surface area contributed by atoms with Crippen LogP contribution in [0.2, 0.25) is 5.02 Å². The van der Waals surface area contributed by atoms with Gasteiger partial charge in [0.25, 0.3) is 0 Å². The molecule has 1 aliphatic heterocycles. The van der Waals surface area contributed by atoms with E-state index in [0.29, 0.717) is 18.2 Å². The number of esters is 1. The molecule has 29 heavy (non-hydrogen) atoms. The zero-order chi connectivity index (χ0) is 21.0. The SMILES string of the molecule is COC(=O)c1cnc(NC(C)c2ccccc2Cl)c(S(=O)(=O)N2CCOCC2)c1. The summed E-state index contributed by atoms with van der Waals surface area (Å²) in [6.45, 7) is 2.92. The first-order valence-electron chi connectivity index (χ1n) is 9.02. The third kappa shape index (κ3) is 4.69. The Morgan fingerprint density at radius 2 is 2.00 bits per heavy atom. The molecule has 156 valence electrons. The maximum atomic E-state index is 13.3. The van der Waals surface area contributed by atoms with Gasteiger partial charge in [0.05, 0.1) is 31.9 Å². The van der Waals surface area contributed by atoms with Crippen LogP contribution in [-0.2, 0) is 19.5 Å². The van der Waals surface area contributed by atoms with Crippen molar-refractivity contribution in [2.24, 2.45) is 0 Å². The van der Waals surface area contributed by atoms with Crippen LogP contribution >= 0.6 is 11.6 Å². The molecule has 0 radical (unpaired) electrons. The van der Waals surface area contributed by atoms with E-state index in [1.54, 1.807) is 6.07 Å². The number of carbonyl (C=O) groups excluding carboxylic acids is 1. The molecule has 0 spiro atoms. The Kier molecular flexibility index (Phi) is 6.74. The van der Waals surface area contributed by atoms with Crippen molar-refractivity contribution < 1.29 is 22.7 Å². The van der Waals surface area contributed by atoms with Crippen LogP contribution in [0, 0.1) is 0 Å². The summed E-state index contributed by atoms with van der Waals surface area (Å²) < 4.78 is 37.8. The Balaban J connectivity index is 2.02. The van der Waals surface area contributed by atoms with Crippen molar-refractivity contribution in [3.63, 3.8) is 0 Å². The van der Waals surface area contributed by atoms with E-state index in [1.807, 2.05) is 25.1 Å². The number of sulfonamides is 1. The predicted octanol–water partition coefficient (Wildman–Crippen LogP) is 2.72. The van der Waals surface area contributed by atoms with Crippen LogP contribution in [0.25, 0.3) is 0 Å². The van der Waals surface area contributed by atoms with Gasteiger partial charge >= 0.3 is 5.97 Å². The number of nitrogens with one attached hydrogen (secondary N) is 1. The van der Waals surface area contributed by atoms with Gasteiger partial charge in [-0.05, 0) is 24.6 Å². The molecule has 2 aromatic rings. The largest absolute Gasteiger partial charge is 0.465 e. The van der Waals surface area contributed by atoms with E-state index >= 15 is 0 Å². The zero-order valence-corrected chi connectivity index (χ0v) is 17.7. The lowest BCUT2D eigenvalue weighted by atomic mass is 10.1. The summed E-state index contributed by atoms with van der Waals surface area (Å²) in [5.74, 6) is -0.529. The highest BCUT2D eigenvalue weighted by molar-refractivity contribution is 7.89. The number of ether oxygens (including phenoxy) is 2. The Bertz CT molecular complexity index is 993. The Morgan fingerprint density at radius 1 is 1.31 bits per heavy atom. The number of rotatable bonds is 6. The molecular formula is C19H22ClN3O5S. The second-order valence-corrected chi connectivity index (χ2v) is 8.78. The molecular weight excluding hydrogens is 418 g/mol. The van der Waals surface area contributed by atoms with Crippen molar-refractivity contribution in [3.8, 4) is 0 Å². The number of benzene rings is 1. The van der Waals surface area contributed by atoms with Gasteiger partial charge < -0.3 is 14.8 Å². The van der Waals surface area contributed by atoms with Gasteiger partial charge in [-0.1, -0.05) is 29.8 Å². The summed E-state index contributed by atoms with van der Waals surface area (Å²) in [7, 11) is -2.68. The first-order valence-corrected chi connectivity index (χ1v) is 10.8. The monoisotopic (exact) mass is 439 g/mol. The molecule has 2 heterocycles. The minimum absolute atomic E-state index is 0.0512. The second-order valence-electron chi connectivity index (χ2n) is 6.47. The van der Waals surface area contributed by atoms with Crippen molar-refractivity contribution in [2.45, 2.75) is 17.9 Å². The van der Waals surface area contributed by atoms with E-state index in [1.165, 1.54) is 23.7 Å². The highest BCUT2D eigenvalue weighted by Crippen LogP contribution is 2.30. The average molecular weight is 440 g/mol. The maximum Gasteiger partial charge on any atom is 0.339 e. The molecule has 1 unspecified atom stereocenters. The van der Waals surface area contributed by atoms with Crippen molar-refractivity contribution in [1.29, 1.82) is 0 Å². The Morgan fingerprint density at radius 3 is 2.66 bits per heavy atom. The fourth-order valence-corrected chi connectivity index (χ4v) is 4.85. The molecule has 1 fully saturated rings. The fraction of sp³-hybridized carbons (Fsp3) is 0.368. The topological polar surface area (TPSA) is 97.8 Å². The minimum atomic E-state index is -3.91. The molecule has 1 N–H and O–H groups in total. The van der Waals surface area contributed by atoms with Crippen LogP contribution in [0.4, 0.5) is 5.82 Å². The molecule has 0 bridgehead atoms. The van der Waals surface area contributed by atoms with Crippen molar-refractivity contribution >= 4 is 33.4 Å². The van der Waals surface area contributed by atoms with Gasteiger partial charge in [0.15, 0.2) is 0 Å². The van der Waals surface area contributed by atoms with Crippen LogP contribution in [0.1, 0.15) is 28.9 Å². The quantitative estimate of drug-likeness (QED) is 0.691. The summed E-state index contributed by atoms with van der Waals surface area (Å²) >= 11 is 6.26. The van der Waals surface area contributed by atoms with Gasteiger partial charge in [-0.2, -0.15) is 4.31 Å². The van der Waals surface area contributed by atoms with Crippen LogP contribution in [0.15, 0.2) is 41.4 Å². The average Bonchev–Trinajstić information content (AvgIpc) is 2.74. The zero-order valence-electron chi connectivity index (χ0n) is 16.1. The lowest BCUT2D eigenvalue weighted by Crippen LogP contribution is -2.41. The number of aromatic nitrogens is 1. The molecule has 8 nitrogen and oxygen atoms in total. The summed E-state index contributed by atoms with van der Waals surface area (Å²) in [5, 5.41) is 3.66. The van der Waals surface area contributed by atoms with Gasteiger partial charge in [0.2, 0.25) is 10.0 Å². The summed E-state index contributed by atoms with van der Waals surface area (Å²) in [5.41, 5.74) is 0.845. The molecule has 0 amide bonds. The summed E-state index contributed by atoms with van der Waals surface area (Å²) in [6.07, 6.45) is 1.28. The van der Waals surface area contributed by atoms with E-state index in [4.69, 9.17) is 21.1 Å². The van der Waals surface area contributed by atoms with Crippen molar-refractivity contribution in [3.05, 3.63) is 52.7 Å². The first-order chi connectivity index (χ1) is 13.8. The molecule has 1 atom stereocenters. The first kappa shape index (κ1) is 21.5. The number of morpholine rings is 1. The number of carbonyl (C=O) groups is 1. The van der Waals surface area contributed by atoms with E-state index < -0.39 is 16.0 Å². The van der Waals surface area contributed by atoms with Gasteiger partial charge in [-0.25, -0.2) is 18.2 Å². The molecule has 1 aromatic carbocycles. The van der Waals surface area contributed by atoms with E-state index in [2.05, 4.69) is 10.3 Å². The number of halogens is 1. The molecule has 0 aliphatic carbocycles. The number of pyridine rings is 1. The number of nitrogens with zero attached hydrogens (tertiary/aromatic N) is 2. The smallest absolute Gasteiger partial charge is 0.339 e. The van der Waals surface area contributed by atoms with E-state index in [0.717, 1.165) is 5.56 Å². The summed E-state index contributed by atoms with van der Waals surface area (Å²) in [6, 6.07) is 8.23. The van der Waals surface area contributed by atoms with Crippen LogP contribution in [0.3, 0.4) is 0 Å². The van der Waals surface area contributed by atoms with Gasteiger partial charge in [0.1, 0.15) is 10.7 Å². The highest BCUT2D eigenvalue weighted by atomic mass is 35.5. The Hall–Kier alpha value is -2.20. The molecule has 1 saturated heterocycles. The number of hydrogen-bond donors (Lipinski definition) is 1. The van der Waals surface area contributed by atoms with Crippen LogP contribution < -0.4 is 5.32 Å². The molecule has 10 heteroatoms. The lowest BCUT2D eigenvalue weighted by Gasteiger charge is -2.27. The predicted molar refractivity (Wildman–Crippen MR) is 109 cm³/mol.